The Morgan fingerprint density at radius 1 is 0.957 bits per heavy atom. The largest absolute Gasteiger partial charge is 0.459 e. The van der Waals surface area contributed by atoms with Crippen molar-refractivity contribution in [2.75, 3.05) is 0 Å². The van der Waals surface area contributed by atoms with E-state index in [4.69, 9.17) is 9.57 Å². The first-order valence-corrected chi connectivity index (χ1v) is 7.69. The minimum absolute atomic E-state index is 0.00322. The minimum Gasteiger partial charge on any atom is -0.459 e. The highest BCUT2D eigenvalue weighted by Crippen LogP contribution is 2.40. The Hall–Kier alpha value is -1.57. The highest BCUT2D eigenvalue weighted by atomic mass is 32.1. The number of imide groups is 1. The molecule has 0 aliphatic carbocycles. The summed E-state index contributed by atoms with van der Waals surface area (Å²) in [7, 11) is 0. The number of rotatable bonds is 4. The number of carbonyl (C=O) groups is 4. The summed E-state index contributed by atoms with van der Waals surface area (Å²) in [6, 6.07) is 0. The van der Waals surface area contributed by atoms with Gasteiger partial charge in [0.2, 0.25) is 0 Å². The lowest BCUT2D eigenvalue weighted by molar-refractivity contribution is -0.206. The van der Waals surface area contributed by atoms with Crippen LogP contribution in [0.4, 0.5) is 0 Å². The number of hydrogen-bond donors (Lipinski definition) is 1. The van der Waals surface area contributed by atoms with Crippen molar-refractivity contribution < 1.29 is 28.8 Å². The van der Waals surface area contributed by atoms with E-state index < -0.39 is 39.5 Å². The van der Waals surface area contributed by atoms with Gasteiger partial charge in [0.25, 0.3) is 11.8 Å². The fourth-order valence-corrected chi connectivity index (χ4v) is 1.82. The van der Waals surface area contributed by atoms with Crippen molar-refractivity contribution in [1.82, 2.24) is 5.06 Å². The molecule has 0 N–H and O–H groups in total. The second-order valence-electron chi connectivity index (χ2n) is 7.16. The van der Waals surface area contributed by atoms with Gasteiger partial charge >= 0.3 is 11.9 Å². The topological polar surface area (TPSA) is 90.0 Å². The number of hydroxylamine groups is 2. The van der Waals surface area contributed by atoms with E-state index in [0.717, 1.165) is 0 Å². The van der Waals surface area contributed by atoms with E-state index in [2.05, 4.69) is 12.6 Å². The van der Waals surface area contributed by atoms with Gasteiger partial charge in [-0.2, -0.15) is 12.6 Å². The van der Waals surface area contributed by atoms with E-state index >= 15 is 0 Å². The minimum atomic E-state index is -1.52. The molecule has 1 saturated heterocycles. The SMILES string of the molecule is CC(C)(C)OC(=O)C(C)(S)C(C)(C)C(=O)ON1C(=O)CCC1=O. The Balaban J connectivity index is 2.94. The molecule has 7 nitrogen and oxygen atoms in total. The first-order valence-electron chi connectivity index (χ1n) is 7.24. The van der Waals surface area contributed by atoms with Gasteiger partial charge in [-0.05, 0) is 41.5 Å². The van der Waals surface area contributed by atoms with Crippen molar-refractivity contribution in [2.24, 2.45) is 5.41 Å². The van der Waals surface area contributed by atoms with Gasteiger partial charge in [0.1, 0.15) is 10.3 Å². The summed E-state index contributed by atoms with van der Waals surface area (Å²) >= 11 is 4.29. The zero-order valence-corrected chi connectivity index (χ0v) is 15.2. The highest BCUT2D eigenvalue weighted by molar-refractivity contribution is 7.82. The molecule has 1 aliphatic heterocycles. The summed E-state index contributed by atoms with van der Waals surface area (Å²) in [5.41, 5.74) is -2.19. The second-order valence-corrected chi connectivity index (χ2v) is 8.05. The van der Waals surface area contributed by atoms with Crippen LogP contribution in [0.5, 0.6) is 0 Å². The molecular formula is C15H23NO6S. The third-order valence-corrected chi connectivity index (χ3v) is 4.45. The van der Waals surface area contributed by atoms with Crippen LogP contribution in [0.3, 0.4) is 0 Å². The number of carbonyl (C=O) groups excluding carboxylic acids is 4. The molecule has 0 aromatic rings. The fraction of sp³-hybridized carbons (Fsp3) is 0.733. The molecule has 1 atom stereocenters. The molecule has 0 aromatic heterocycles. The molecule has 1 rings (SSSR count). The molecule has 1 unspecified atom stereocenters. The van der Waals surface area contributed by atoms with E-state index in [-0.39, 0.29) is 12.8 Å². The molecule has 0 spiro atoms. The molecule has 0 aromatic carbocycles. The number of nitrogens with zero attached hydrogens (tertiary/aromatic N) is 1. The first-order chi connectivity index (χ1) is 10.2. The Labute approximate surface area is 141 Å². The van der Waals surface area contributed by atoms with Gasteiger partial charge in [-0.1, -0.05) is 0 Å². The third kappa shape index (κ3) is 4.04. The van der Waals surface area contributed by atoms with Crippen molar-refractivity contribution in [3.05, 3.63) is 0 Å². The molecule has 1 aliphatic rings. The van der Waals surface area contributed by atoms with Gasteiger partial charge in [-0.3, -0.25) is 14.4 Å². The summed E-state index contributed by atoms with van der Waals surface area (Å²) in [6.07, 6.45) is -0.00645. The van der Waals surface area contributed by atoms with E-state index in [9.17, 15) is 19.2 Å². The van der Waals surface area contributed by atoms with Gasteiger partial charge in [0.15, 0.2) is 0 Å². The van der Waals surface area contributed by atoms with Crippen LogP contribution < -0.4 is 0 Å². The smallest absolute Gasteiger partial charge is 0.340 e. The van der Waals surface area contributed by atoms with Crippen LogP contribution >= 0.6 is 12.6 Å². The van der Waals surface area contributed by atoms with Crippen molar-refractivity contribution in [1.29, 1.82) is 0 Å². The number of thiol groups is 1. The molecule has 0 radical (unpaired) electrons. The standard InChI is InChI=1S/C15H23NO6S/c1-13(2,3)21-12(20)15(6,23)14(4,5)11(19)22-16-9(17)7-8-10(16)18/h23H,7-8H2,1-6H3. The normalized spacial score (nSPS) is 18.7. The lowest BCUT2D eigenvalue weighted by Gasteiger charge is -2.38. The maximum Gasteiger partial charge on any atom is 0.340 e. The summed E-state index contributed by atoms with van der Waals surface area (Å²) in [5, 5.41) is 0.447. The molecular weight excluding hydrogens is 322 g/mol. The third-order valence-electron chi connectivity index (χ3n) is 3.70. The average Bonchev–Trinajstić information content (AvgIpc) is 2.68. The fourth-order valence-electron chi connectivity index (χ4n) is 1.69. The maximum atomic E-state index is 12.4. The predicted octanol–water partition coefficient (Wildman–Crippen LogP) is 1.65. The number of amides is 2. The van der Waals surface area contributed by atoms with Crippen LogP contribution in [0.2, 0.25) is 0 Å². The summed E-state index contributed by atoms with van der Waals surface area (Å²) in [4.78, 5) is 52.7. The molecule has 130 valence electrons. The van der Waals surface area contributed by atoms with E-state index in [1.807, 2.05) is 0 Å². The van der Waals surface area contributed by atoms with Crippen LogP contribution in [-0.2, 0) is 28.8 Å². The Morgan fingerprint density at radius 2 is 1.39 bits per heavy atom. The summed E-state index contributed by atoms with van der Waals surface area (Å²) < 4.78 is 3.76. The maximum absolute atomic E-state index is 12.4. The van der Waals surface area contributed by atoms with Gasteiger partial charge in [-0.15, -0.1) is 5.06 Å². The Kier molecular flexibility index (Phi) is 5.20. The molecule has 8 heteroatoms. The van der Waals surface area contributed by atoms with Gasteiger partial charge in [0, 0.05) is 12.8 Å². The average molecular weight is 345 g/mol. The van der Waals surface area contributed by atoms with Gasteiger partial charge in [-0.25, -0.2) is 4.79 Å². The molecule has 0 saturated carbocycles. The van der Waals surface area contributed by atoms with Crippen molar-refractivity contribution in [3.63, 3.8) is 0 Å². The van der Waals surface area contributed by atoms with Crippen molar-refractivity contribution in [2.45, 2.75) is 64.7 Å². The number of esters is 1. The molecule has 23 heavy (non-hydrogen) atoms. The van der Waals surface area contributed by atoms with E-state index in [1.54, 1.807) is 20.8 Å². The van der Waals surface area contributed by atoms with E-state index in [1.165, 1.54) is 20.8 Å². The quantitative estimate of drug-likeness (QED) is 0.473. The Morgan fingerprint density at radius 3 is 1.78 bits per heavy atom. The van der Waals surface area contributed by atoms with Crippen molar-refractivity contribution >= 4 is 36.4 Å². The van der Waals surface area contributed by atoms with Crippen molar-refractivity contribution in [3.8, 4) is 0 Å². The van der Waals surface area contributed by atoms with Crippen LogP contribution in [0.1, 0.15) is 54.4 Å². The Bertz CT molecular complexity index is 531. The second kappa shape index (κ2) is 6.14. The number of ether oxygens (including phenoxy) is 1. The lowest BCUT2D eigenvalue weighted by Crippen LogP contribution is -2.53. The van der Waals surface area contributed by atoms with Crippen LogP contribution in [0.15, 0.2) is 0 Å². The monoisotopic (exact) mass is 345 g/mol. The molecule has 1 heterocycles. The van der Waals surface area contributed by atoms with E-state index in [0.29, 0.717) is 5.06 Å². The highest BCUT2D eigenvalue weighted by Gasteiger charge is 2.54. The lowest BCUT2D eigenvalue weighted by atomic mass is 9.79. The zero-order valence-electron chi connectivity index (χ0n) is 14.3. The summed E-state index contributed by atoms with van der Waals surface area (Å²) in [5.74, 6) is -2.78. The van der Waals surface area contributed by atoms with Gasteiger partial charge < -0.3 is 9.57 Å². The first kappa shape index (κ1) is 19.5. The number of hydrogen-bond acceptors (Lipinski definition) is 7. The molecule has 1 fully saturated rings. The molecule has 2 amide bonds. The van der Waals surface area contributed by atoms with Gasteiger partial charge in [0.05, 0.1) is 5.41 Å². The van der Waals surface area contributed by atoms with Crippen LogP contribution in [0, 0.1) is 5.41 Å². The summed E-state index contributed by atoms with van der Waals surface area (Å²) in [6.45, 7) is 9.40. The predicted molar refractivity (Wildman–Crippen MR) is 84.2 cm³/mol. The molecule has 0 bridgehead atoms. The van der Waals surface area contributed by atoms with Crippen LogP contribution in [-0.4, -0.2) is 39.2 Å². The van der Waals surface area contributed by atoms with Crippen LogP contribution in [0.25, 0.3) is 0 Å². The zero-order chi connectivity index (χ0) is 18.2.